The number of benzene rings is 1. The molecular weight excluding hydrogens is 266 g/mol. The predicted molar refractivity (Wildman–Crippen MR) is 86.6 cm³/mol. The number of rotatable bonds is 9. The van der Waals surface area contributed by atoms with Crippen molar-refractivity contribution in [1.82, 2.24) is 5.32 Å². The summed E-state index contributed by atoms with van der Waals surface area (Å²) < 4.78 is 5.22. The number of ether oxygens (including phenoxy) is 1. The molecule has 1 rings (SSSR count). The normalized spacial score (nSPS) is 12.2. The SMILES string of the molecule is COCC(CCCN)Nc1cccc(C(=O)NC(C)C)c1. The molecule has 1 amide bonds. The van der Waals surface area contributed by atoms with Crippen LogP contribution in [0.1, 0.15) is 37.0 Å². The molecule has 0 saturated carbocycles. The third kappa shape index (κ3) is 6.60. The smallest absolute Gasteiger partial charge is 0.251 e. The Kier molecular flexibility index (Phi) is 7.79. The van der Waals surface area contributed by atoms with Crippen molar-refractivity contribution in [2.75, 3.05) is 25.6 Å². The second-order valence-corrected chi connectivity index (χ2v) is 5.44. The molecule has 4 N–H and O–H groups in total. The molecule has 0 radical (unpaired) electrons. The molecule has 0 spiro atoms. The van der Waals surface area contributed by atoms with E-state index in [0.717, 1.165) is 18.5 Å². The van der Waals surface area contributed by atoms with E-state index in [2.05, 4.69) is 10.6 Å². The van der Waals surface area contributed by atoms with Gasteiger partial charge >= 0.3 is 0 Å². The number of nitrogens with one attached hydrogen (secondary N) is 2. The molecule has 5 heteroatoms. The van der Waals surface area contributed by atoms with Crippen LogP contribution in [0.2, 0.25) is 0 Å². The van der Waals surface area contributed by atoms with E-state index in [1.807, 2.05) is 38.1 Å². The van der Waals surface area contributed by atoms with E-state index < -0.39 is 0 Å². The molecule has 1 aromatic rings. The molecule has 1 atom stereocenters. The van der Waals surface area contributed by atoms with Crippen molar-refractivity contribution < 1.29 is 9.53 Å². The van der Waals surface area contributed by atoms with Crippen LogP contribution in [0.5, 0.6) is 0 Å². The minimum atomic E-state index is -0.0566. The maximum absolute atomic E-state index is 12.0. The van der Waals surface area contributed by atoms with Crippen LogP contribution in [0.4, 0.5) is 5.69 Å². The molecule has 118 valence electrons. The highest BCUT2D eigenvalue weighted by atomic mass is 16.5. The molecule has 0 aliphatic rings. The molecule has 0 aromatic heterocycles. The molecule has 0 aliphatic heterocycles. The van der Waals surface area contributed by atoms with Crippen LogP contribution in [0.15, 0.2) is 24.3 Å². The number of anilines is 1. The number of hydrogen-bond donors (Lipinski definition) is 3. The van der Waals surface area contributed by atoms with Crippen LogP contribution in [-0.4, -0.2) is 38.3 Å². The number of carbonyl (C=O) groups is 1. The zero-order valence-electron chi connectivity index (χ0n) is 13.2. The fourth-order valence-corrected chi connectivity index (χ4v) is 2.09. The Morgan fingerprint density at radius 1 is 1.38 bits per heavy atom. The van der Waals surface area contributed by atoms with Gasteiger partial charge in [0.15, 0.2) is 0 Å². The molecule has 21 heavy (non-hydrogen) atoms. The van der Waals surface area contributed by atoms with E-state index in [1.165, 1.54) is 0 Å². The first kappa shape index (κ1) is 17.5. The summed E-state index contributed by atoms with van der Waals surface area (Å²) in [5, 5.41) is 6.29. The standard InChI is InChI=1S/C16H27N3O2/c1-12(2)18-16(20)13-6-4-7-14(10-13)19-15(11-21-3)8-5-9-17/h4,6-7,10,12,15,19H,5,8-9,11,17H2,1-3H3,(H,18,20). The molecule has 0 aliphatic carbocycles. The second-order valence-electron chi connectivity index (χ2n) is 5.44. The van der Waals surface area contributed by atoms with E-state index in [1.54, 1.807) is 7.11 Å². The van der Waals surface area contributed by atoms with Gasteiger partial charge in [0.1, 0.15) is 0 Å². The summed E-state index contributed by atoms with van der Waals surface area (Å²) in [4.78, 5) is 12.0. The average Bonchev–Trinajstić information content (AvgIpc) is 2.44. The monoisotopic (exact) mass is 293 g/mol. The summed E-state index contributed by atoms with van der Waals surface area (Å²) in [6, 6.07) is 7.83. The van der Waals surface area contributed by atoms with Crippen LogP contribution >= 0.6 is 0 Å². The highest BCUT2D eigenvalue weighted by Crippen LogP contribution is 2.14. The summed E-state index contributed by atoms with van der Waals surface area (Å²) in [6.07, 6.45) is 1.88. The van der Waals surface area contributed by atoms with Gasteiger partial charge in [0.25, 0.3) is 5.91 Å². The summed E-state index contributed by atoms with van der Waals surface area (Å²) in [7, 11) is 1.68. The maximum atomic E-state index is 12.0. The average molecular weight is 293 g/mol. The van der Waals surface area contributed by atoms with Gasteiger partial charge in [0.2, 0.25) is 0 Å². The Hall–Kier alpha value is -1.59. The van der Waals surface area contributed by atoms with Crippen molar-refractivity contribution >= 4 is 11.6 Å². The van der Waals surface area contributed by atoms with E-state index in [-0.39, 0.29) is 18.0 Å². The molecule has 0 fully saturated rings. The largest absolute Gasteiger partial charge is 0.383 e. The van der Waals surface area contributed by atoms with Crippen LogP contribution in [-0.2, 0) is 4.74 Å². The van der Waals surface area contributed by atoms with Gasteiger partial charge in [-0.2, -0.15) is 0 Å². The molecule has 0 saturated heterocycles. The maximum Gasteiger partial charge on any atom is 0.251 e. The van der Waals surface area contributed by atoms with E-state index >= 15 is 0 Å². The topological polar surface area (TPSA) is 76.4 Å². The molecule has 0 heterocycles. The molecule has 0 bridgehead atoms. The summed E-state index contributed by atoms with van der Waals surface area (Å²) in [5.74, 6) is -0.0566. The Labute approximate surface area is 127 Å². The first-order valence-corrected chi connectivity index (χ1v) is 7.43. The number of carbonyl (C=O) groups excluding carboxylic acids is 1. The fourth-order valence-electron chi connectivity index (χ4n) is 2.09. The lowest BCUT2D eigenvalue weighted by Crippen LogP contribution is -2.30. The van der Waals surface area contributed by atoms with Crippen LogP contribution in [0, 0.1) is 0 Å². The lowest BCUT2D eigenvalue weighted by Gasteiger charge is -2.19. The van der Waals surface area contributed by atoms with E-state index in [4.69, 9.17) is 10.5 Å². The lowest BCUT2D eigenvalue weighted by molar-refractivity contribution is 0.0943. The highest BCUT2D eigenvalue weighted by molar-refractivity contribution is 5.95. The first-order valence-electron chi connectivity index (χ1n) is 7.43. The first-order chi connectivity index (χ1) is 10.1. The number of nitrogens with two attached hydrogens (primary N) is 1. The third-order valence-corrected chi connectivity index (χ3v) is 3.04. The van der Waals surface area contributed by atoms with Gasteiger partial charge in [0, 0.05) is 30.4 Å². The zero-order valence-corrected chi connectivity index (χ0v) is 13.2. The Morgan fingerprint density at radius 3 is 2.76 bits per heavy atom. The highest BCUT2D eigenvalue weighted by Gasteiger charge is 2.10. The van der Waals surface area contributed by atoms with Gasteiger partial charge in [-0.05, 0) is 51.4 Å². The Morgan fingerprint density at radius 2 is 2.14 bits per heavy atom. The van der Waals surface area contributed by atoms with Crippen LogP contribution in [0.3, 0.4) is 0 Å². The minimum absolute atomic E-state index is 0.0566. The molecular formula is C16H27N3O2. The van der Waals surface area contributed by atoms with Gasteiger partial charge in [0.05, 0.1) is 6.61 Å². The van der Waals surface area contributed by atoms with Crippen molar-refractivity contribution in [2.45, 2.75) is 38.8 Å². The second kappa shape index (κ2) is 9.37. The zero-order chi connectivity index (χ0) is 15.7. The molecule has 1 unspecified atom stereocenters. The van der Waals surface area contributed by atoms with Crippen molar-refractivity contribution in [2.24, 2.45) is 5.73 Å². The van der Waals surface area contributed by atoms with Gasteiger partial charge < -0.3 is 21.1 Å². The number of hydrogen-bond acceptors (Lipinski definition) is 4. The van der Waals surface area contributed by atoms with Gasteiger partial charge in [-0.3, -0.25) is 4.79 Å². The van der Waals surface area contributed by atoms with Crippen molar-refractivity contribution in [3.63, 3.8) is 0 Å². The Bertz CT molecular complexity index is 435. The predicted octanol–water partition coefficient (Wildman–Crippen LogP) is 1.99. The molecule has 5 nitrogen and oxygen atoms in total. The van der Waals surface area contributed by atoms with E-state index in [0.29, 0.717) is 18.7 Å². The molecule has 1 aromatic carbocycles. The summed E-state index contributed by atoms with van der Waals surface area (Å²) in [6.45, 7) is 5.17. The number of amides is 1. The van der Waals surface area contributed by atoms with Crippen LogP contribution in [0.25, 0.3) is 0 Å². The fraction of sp³-hybridized carbons (Fsp3) is 0.562. The van der Waals surface area contributed by atoms with Crippen molar-refractivity contribution in [1.29, 1.82) is 0 Å². The van der Waals surface area contributed by atoms with Gasteiger partial charge in [-0.1, -0.05) is 6.07 Å². The van der Waals surface area contributed by atoms with Crippen molar-refractivity contribution in [3.05, 3.63) is 29.8 Å². The minimum Gasteiger partial charge on any atom is -0.383 e. The third-order valence-electron chi connectivity index (χ3n) is 3.04. The van der Waals surface area contributed by atoms with Crippen LogP contribution < -0.4 is 16.4 Å². The van der Waals surface area contributed by atoms with Crippen molar-refractivity contribution in [3.8, 4) is 0 Å². The summed E-state index contributed by atoms with van der Waals surface area (Å²) >= 11 is 0. The van der Waals surface area contributed by atoms with Gasteiger partial charge in [-0.15, -0.1) is 0 Å². The van der Waals surface area contributed by atoms with Gasteiger partial charge in [-0.25, -0.2) is 0 Å². The summed E-state index contributed by atoms with van der Waals surface area (Å²) in [5.41, 5.74) is 7.13. The Balaban J connectivity index is 2.71. The lowest BCUT2D eigenvalue weighted by atomic mass is 10.1. The van der Waals surface area contributed by atoms with E-state index in [9.17, 15) is 4.79 Å². The quantitative estimate of drug-likeness (QED) is 0.651. The number of methoxy groups -OCH3 is 1.